The lowest BCUT2D eigenvalue weighted by Gasteiger charge is -2.12. The van der Waals surface area contributed by atoms with Crippen molar-refractivity contribution in [3.05, 3.63) is 188 Å². The summed E-state index contributed by atoms with van der Waals surface area (Å²) in [6.45, 7) is 0. The zero-order valence-corrected chi connectivity index (χ0v) is 28.1. The lowest BCUT2D eigenvalue weighted by atomic mass is 9.93. The second-order valence-electron chi connectivity index (χ2n) is 13.0. The van der Waals surface area contributed by atoms with E-state index in [9.17, 15) is 0 Å². The van der Waals surface area contributed by atoms with E-state index in [2.05, 4.69) is 155 Å². The van der Waals surface area contributed by atoms with Crippen LogP contribution >= 0.6 is 0 Å². The first-order chi connectivity index (χ1) is 25.8. The van der Waals surface area contributed by atoms with Crippen LogP contribution in [0.5, 0.6) is 0 Å². The molecule has 0 saturated heterocycles. The van der Waals surface area contributed by atoms with E-state index in [1.54, 1.807) is 0 Å². The molecular weight excluding hydrogens is 635 g/mol. The van der Waals surface area contributed by atoms with Gasteiger partial charge in [0.1, 0.15) is 0 Å². The lowest BCUT2D eigenvalue weighted by molar-refractivity contribution is 0.972. The summed E-state index contributed by atoms with van der Waals surface area (Å²) in [7, 11) is 0. The quantitative estimate of drug-likeness (QED) is 0.178. The maximum Gasteiger partial charge on any atom is 0.238 e. The monoisotopic (exact) mass is 665 g/mol. The summed E-state index contributed by atoms with van der Waals surface area (Å²) in [5.41, 5.74) is 14.7. The molecular formula is C47H31N5. The second kappa shape index (κ2) is 12.3. The Hall–Kier alpha value is -7.11. The zero-order valence-electron chi connectivity index (χ0n) is 28.1. The molecule has 0 bridgehead atoms. The number of rotatable bonds is 6. The van der Waals surface area contributed by atoms with E-state index in [4.69, 9.17) is 15.0 Å². The molecule has 0 saturated carbocycles. The van der Waals surface area contributed by atoms with Gasteiger partial charge in [-0.15, -0.1) is 0 Å². The molecule has 7 aromatic carbocycles. The third-order valence-corrected chi connectivity index (χ3v) is 9.73. The van der Waals surface area contributed by atoms with Gasteiger partial charge in [0, 0.05) is 11.1 Å². The minimum Gasteiger partial charge on any atom is -0.276 e. The first kappa shape index (κ1) is 29.8. The first-order valence-electron chi connectivity index (χ1n) is 17.5. The molecule has 0 amide bonds. The standard InChI is InChI=1S/C47H31N5/c1-5-15-32(16-6-1)37-27-38(33-17-7-2-8-18-33)29-39(28-37)36-25-26-44-45(30-36)51-43-24-14-13-23-40(43)50-47(51)52(44)46-48-41(34-19-9-3-10-20-34)31-42(49-46)35-21-11-4-12-22-35/h1-31H. The summed E-state index contributed by atoms with van der Waals surface area (Å²) in [6, 6.07) is 65.7. The van der Waals surface area contributed by atoms with Gasteiger partial charge in [-0.25, -0.2) is 19.5 Å². The van der Waals surface area contributed by atoms with Gasteiger partial charge in [0.2, 0.25) is 11.7 Å². The Balaban J connectivity index is 1.23. The summed E-state index contributed by atoms with van der Waals surface area (Å²) < 4.78 is 4.35. The van der Waals surface area contributed by atoms with Crippen molar-refractivity contribution < 1.29 is 0 Å². The molecule has 0 aliphatic rings. The third kappa shape index (κ3) is 5.15. The molecule has 0 aliphatic heterocycles. The Morgan fingerprint density at radius 3 is 1.35 bits per heavy atom. The molecule has 0 fully saturated rings. The van der Waals surface area contributed by atoms with Crippen LogP contribution in [0.2, 0.25) is 0 Å². The molecule has 0 N–H and O–H groups in total. The zero-order chi connectivity index (χ0) is 34.4. The topological polar surface area (TPSA) is 48.0 Å². The minimum atomic E-state index is 0.570. The smallest absolute Gasteiger partial charge is 0.238 e. The summed E-state index contributed by atoms with van der Waals surface area (Å²) in [5.74, 6) is 1.33. The first-order valence-corrected chi connectivity index (χ1v) is 17.5. The van der Waals surface area contributed by atoms with Gasteiger partial charge in [-0.1, -0.05) is 140 Å². The van der Waals surface area contributed by atoms with Crippen LogP contribution < -0.4 is 0 Å². The highest BCUT2D eigenvalue weighted by atomic mass is 15.3. The van der Waals surface area contributed by atoms with Crippen molar-refractivity contribution >= 4 is 27.8 Å². The van der Waals surface area contributed by atoms with Crippen LogP contribution in [-0.2, 0) is 0 Å². The van der Waals surface area contributed by atoms with Crippen molar-refractivity contribution in [3.63, 3.8) is 0 Å². The van der Waals surface area contributed by atoms with Crippen molar-refractivity contribution in [2.75, 3.05) is 0 Å². The van der Waals surface area contributed by atoms with Gasteiger partial charge in [0.05, 0.1) is 33.5 Å². The van der Waals surface area contributed by atoms with Crippen LogP contribution in [0.4, 0.5) is 0 Å². The van der Waals surface area contributed by atoms with Crippen molar-refractivity contribution in [2.45, 2.75) is 0 Å². The number of hydrogen-bond donors (Lipinski definition) is 0. The molecule has 5 heteroatoms. The van der Waals surface area contributed by atoms with E-state index < -0.39 is 0 Å². The molecule has 5 nitrogen and oxygen atoms in total. The van der Waals surface area contributed by atoms with Crippen LogP contribution in [0.1, 0.15) is 0 Å². The summed E-state index contributed by atoms with van der Waals surface area (Å²) >= 11 is 0. The van der Waals surface area contributed by atoms with Gasteiger partial charge in [-0.3, -0.25) is 4.40 Å². The number of para-hydroxylation sites is 2. The molecule has 0 radical (unpaired) electrons. The Bertz CT molecular complexity index is 2760. The number of benzene rings is 7. The van der Waals surface area contributed by atoms with Gasteiger partial charge in [-0.2, -0.15) is 0 Å². The van der Waals surface area contributed by atoms with Gasteiger partial charge < -0.3 is 0 Å². The van der Waals surface area contributed by atoms with E-state index >= 15 is 0 Å². The molecule has 0 spiro atoms. The number of hydrogen-bond acceptors (Lipinski definition) is 3. The Labute approximate surface area is 300 Å². The van der Waals surface area contributed by atoms with Crippen LogP contribution in [0, 0.1) is 0 Å². The maximum absolute atomic E-state index is 5.21. The van der Waals surface area contributed by atoms with E-state index in [1.165, 1.54) is 22.3 Å². The highest BCUT2D eigenvalue weighted by Crippen LogP contribution is 2.37. The molecule has 0 unspecified atom stereocenters. The fraction of sp³-hybridized carbons (Fsp3) is 0. The number of nitrogens with zero attached hydrogens (tertiary/aromatic N) is 5. The van der Waals surface area contributed by atoms with Gasteiger partial charge in [0.25, 0.3) is 0 Å². The number of aromatic nitrogens is 5. The number of fused-ring (bicyclic) bond motifs is 5. The molecule has 10 aromatic rings. The van der Waals surface area contributed by atoms with Crippen LogP contribution in [0.25, 0.3) is 89.7 Å². The molecule has 244 valence electrons. The molecule has 3 aromatic heterocycles. The molecule has 3 heterocycles. The SMILES string of the molecule is c1ccc(-c2cc(-c3ccccc3)cc(-c3ccc4c(c3)n3c5ccccc5nc3n4-c3nc(-c4ccccc4)cc(-c4ccccc4)n3)c2)cc1. The van der Waals surface area contributed by atoms with E-state index in [0.29, 0.717) is 5.95 Å². The lowest BCUT2D eigenvalue weighted by Crippen LogP contribution is -2.04. The summed E-state index contributed by atoms with van der Waals surface area (Å²) in [6.07, 6.45) is 0. The molecule has 0 aliphatic carbocycles. The van der Waals surface area contributed by atoms with Gasteiger partial charge in [-0.05, 0) is 81.9 Å². The van der Waals surface area contributed by atoms with Crippen molar-refractivity contribution in [2.24, 2.45) is 0 Å². The molecule has 0 atom stereocenters. The van der Waals surface area contributed by atoms with E-state index in [1.807, 2.05) is 42.5 Å². The van der Waals surface area contributed by atoms with Crippen molar-refractivity contribution in [1.82, 2.24) is 23.9 Å². The fourth-order valence-electron chi connectivity index (χ4n) is 7.21. The van der Waals surface area contributed by atoms with Crippen molar-refractivity contribution in [3.8, 4) is 61.8 Å². The fourth-order valence-corrected chi connectivity index (χ4v) is 7.21. The largest absolute Gasteiger partial charge is 0.276 e. The Kier molecular flexibility index (Phi) is 7.07. The van der Waals surface area contributed by atoms with Crippen LogP contribution in [-0.4, -0.2) is 23.9 Å². The average Bonchev–Trinajstić information content (AvgIpc) is 3.76. The Morgan fingerprint density at radius 2 is 0.788 bits per heavy atom. The predicted octanol–water partition coefficient (Wildman–Crippen LogP) is 11.6. The van der Waals surface area contributed by atoms with Crippen LogP contribution in [0.15, 0.2) is 188 Å². The normalized spacial score (nSPS) is 11.5. The average molecular weight is 666 g/mol. The van der Waals surface area contributed by atoms with Gasteiger partial charge >= 0.3 is 0 Å². The predicted molar refractivity (Wildman–Crippen MR) is 212 cm³/mol. The van der Waals surface area contributed by atoms with E-state index in [-0.39, 0.29) is 0 Å². The third-order valence-electron chi connectivity index (χ3n) is 9.73. The van der Waals surface area contributed by atoms with Gasteiger partial charge in [0.15, 0.2) is 0 Å². The minimum absolute atomic E-state index is 0.570. The summed E-state index contributed by atoms with van der Waals surface area (Å²) in [5, 5.41) is 0. The van der Waals surface area contributed by atoms with E-state index in [0.717, 1.165) is 61.5 Å². The maximum atomic E-state index is 5.21. The highest BCUT2D eigenvalue weighted by Gasteiger charge is 2.21. The second-order valence-corrected chi connectivity index (χ2v) is 13.0. The number of imidazole rings is 2. The van der Waals surface area contributed by atoms with Crippen LogP contribution in [0.3, 0.4) is 0 Å². The van der Waals surface area contributed by atoms with Crippen molar-refractivity contribution in [1.29, 1.82) is 0 Å². The Morgan fingerprint density at radius 1 is 0.308 bits per heavy atom. The molecule has 52 heavy (non-hydrogen) atoms. The summed E-state index contributed by atoms with van der Waals surface area (Å²) in [4.78, 5) is 15.6. The highest BCUT2D eigenvalue weighted by molar-refractivity contribution is 5.94. The molecule has 10 rings (SSSR count).